The summed E-state index contributed by atoms with van der Waals surface area (Å²) in [6.07, 6.45) is 10.7. The van der Waals surface area contributed by atoms with Crippen LogP contribution in [0.15, 0.2) is 42.5 Å². The highest BCUT2D eigenvalue weighted by atomic mass is 19.1. The van der Waals surface area contributed by atoms with Gasteiger partial charge in [0.05, 0.1) is 5.83 Å². The molecule has 2 N–H and O–H groups in total. The maximum atomic E-state index is 13.4. The van der Waals surface area contributed by atoms with Gasteiger partial charge in [-0.25, -0.2) is 14.4 Å². The van der Waals surface area contributed by atoms with Crippen LogP contribution in [0.3, 0.4) is 0 Å². The van der Waals surface area contributed by atoms with E-state index in [0.717, 1.165) is 62.8 Å². The number of nitrogens with zero attached hydrogens (tertiary/aromatic N) is 5. The number of hydrogen-bond acceptors (Lipinski definition) is 6. The van der Waals surface area contributed by atoms with Crippen LogP contribution in [-0.4, -0.2) is 71.6 Å². The second-order valence-corrected chi connectivity index (χ2v) is 8.23. The van der Waals surface area contributed by atoms with Crippen molar-refractivity contribution in [3.8, 4) is 0 Å². The number of piperidine rings is 1. The van der Waals surface area contributed by atoms with Crippen molar-refractivity contribution in [2.24, 2.45) is 0 Å². The molecular weight excluding hydrogens is 379 g/mol. The topological polar surface area (TPSA) is 61.5 Å². The van der Waals surface area contributed by atoms with E-state index >= 15 is 0 Å². The summed E-state index contributed by atoms with van der Waals surface area (Å²) < 4.78 is 13.4. The van der Waals surface area contributed by atoms with E-state index in [4.69, 9.17) is 5.73 Å². The quantitative estimate of drug-likeness (QED) is 0.691. The van der Waals surface area contributed by atoms with Gasteiger partial charge in [-0.05, 0) is 51.4 Å². The fourth-order valence-corrected chi connectivity index (χ4v) is 4.36. The van der Waals surface area contributed by atoms with Crippen LogP contribution >= 0.6 is 0 Å². The van der Waals surface area contributed by atoms with Gasteiger partial charge in [-0.2, -0.15) is 0 Å². The lowest BCUT2D eigenvalue weighted by Gasteiger charge is -2.42. The van der Waals surface area contributed by atoms with Crippen molar-refractivity contribution in [2.45, 2.75) is 39.2 Å². The maximum absolute atomic E-state index is 13.4. The molecule has 30 heavy (non-hydrogen) atoms. The average molecular weight is 415 g/mol. The number of likely N-dealkylation sites (tertiary alicyclic amines) is 1. The molecule has 2 saturated heterocycles. The minimum Gasteiger partial charge on any atom is -0.383 e. The molecule has 164 valence electrons. The molecule has 1 atom stereocenters. The van der Waals surface area contributed by atoms with Gasteiger partial charge in [0, 0.05) is 44.3 Å². The number of hydrogen-bond donors (Lipinski definition) is 1. The van der Waals surface area contributed by atoms with E-state index in [2.05, 4.69) is 31.2 Å². The van der Waals surface area contributed by atoms with Gasteiger partial charge >= 0.3 is 0 Å². The lowest BCUT2D eigenvalue weighted by Crippen LogP contribution is -2.54. The van der Waals surface area contributed by atoms with E-state index in [1.54, 1.807) is 6.08 Å². The van der Waals surface area contributed by atoms with Gasteiger partial charge in [-0.3, -0.25) is 4.90 Å². The second kappa shape index (κ2) is 10.7. The predicted octanol–water partition coefficient (Wildman–Crippen LogP) is 3.33. The summed E-state index contributed by atoms with van der Waals surface area (Å²) in [5.41, 5.74) is 7.99. The SMILES string of the molecule is C=C/C(=C\C=C(/C)F)C(CN1CCCCC1)N1CCN(c2ncnc(N)c2C)CC1. The first kappa shape index (κ1) is 22.4. The van der Waals surface area contributed by atoms with Gasteiger partial charge in [0.15, 0.2) is 0 Å². The van der Waals surface area contributed by atoms with Crippen LogP contribution in [0.5, 0.6) is 0 Å². The van der Waals surface area contributed by atoms with Crippen molar-refractivity contribution in [3.63, 3.8) is 0 Å². The molecular formula is C23H35FN6. The summed E-state index contributed by atoms with van der Waals surface area (Å²) in [5.74, 6) is 1.27. The molecule has 6 nitrogen and oxygen atoms in total. The minimum atomic E-state index is -0.187. The number of anilines is 2. The zero-order valence-electron chi connectivity index (χ0n) is 18.4. The molecule has 7 heteroatoms. The second-order valence-electron chi connectivity index (χ2n) is 8.23. The Balaban J connectivity index is 1.75. The molecule has 0 radical (unpaired) electrons. The van der Waals surface area contributed by atoms with Crippen molar-refractivity contribution in [3.05, 3.63) is 48.1 Å². The molecule has 0 saturated carbocycles. The smallest absolute Gasteiger partial charge is 0.137 e. The van der Waals surface area contributed by atoms with E-state index in [1.165, 1.54) is 32.5 Å². The van der Waals surface area contributed by atoms with E-state index in [0.29, 0.717) is 5.82 Å². The molecule has 0 aliphatic carbocycles. The van der Waals surface area contributed by atoms with Crippen molar-refractivity contribution in [1.29, 1.82) is 0 Å². The summed E-state index contributed by atoms with van der Waals surface area (Å²) >= 11 is 0. The predicted molar refractivity (Wildman–Crippen MR) is 122 cm³/mol. The lowest BCUT2D eigenvalue weighted by molar-refractivity contribution is 0.139. The van der Waals surface area contributed by atoms with E-state index in [-0.39, 0.29) is 11.9 Å². The van der Waals surface area contributed by atoms with Crippen molar-refractivity contribution in [1.82, 2.24) is 19.8 Å². The molecule has 0 aromatic carbocycles. The van der Waals surface area contributed by atoms with Crippen LogP contribution in [0.2, 0.25) is 0 Å². The summed E-state index contributed by atoms with van der Waals surface area (Å²) in [7, 11) is 0. The van der Waals surface area contributed by atoms with Gasteiger partial charge < -0.3 is 15.5 Å². The van der Waals surface area contributed by atoms with Gasteiger partial charge in [0.1, 0.15) is 18.0 Å². The lowest BCUT2D eigenvalue weighted by atomic mass is 10.0. The standard InChI is InChI=1S/C23H35FN6/c1-4-20(9-8-18(2)24)21(16-28-10-6-5-7-11-28)29-12-14-30(15-13-29)23-19(3)22(25)26-17-27-23/h4,8-9,17,21H,1,5-7,10-16H2,2-3H3,(H2,25,26,27)/b18-8+,20-9+. The molecule has 0 bridgehead atoms. The molecule has 2 aliphatic rings. The number of piperazine rings is 1. The van der Waals surface area contributed by atoms with Gasteiger partial charge in [-0.15, -0.1) is 0 Å². The molecule has 1 aromatic rings. The number of halogens is 1. The average Bonchev–Trinajstić information content (AvgIpc) is 2.76. The number of rotatable bonds is 7. The fraction of sp³-hybridized carbons (Fsp3) is 0.565. The van der Waals surface area contributed by atoms with Gasteiger partial charge in [0.2, 0.25) is 0 Å². The Labute approximate surface area is 180 Å². The third kappa shape index (κ3) is 5.67. The first-order chi connectivity index (χ1) is 14.5. The van der Waals surface area contributed by atoms with Crippen LogP contribution in [0.1, 0.15) is 31.7 Å². The van der Waals surface area contributed by atoms with Crippen LogP contribution in [0, 0.1) is 6.92 Å². The molecule has 2 fully saturated rings. The third-order valence-electron chi connectivity index (χ3n) is 6.16. The minimum absolute atomic E-state index is 0.187. The monoisotopic (exact) mass is 414 g/mol. The normalized spacial score (nSPS) is 21.0. The Morgan fingerprint density at radius 2 is 1.83 bits per heavy atom. The Kier molecular flexibility index (Phi) is 7.99. The molecule has 1 unspecified atom stereocenters. The highest BCUT2D eigenvalue weighted by Gasteiger charge is 2.28. The molecule has 3 heterocycles. The summed E-state index contributed by atoms with van der Waals surface area (Å²) in [4.78, 5) is 15.9. The molecule has 1 aromatic heterocycles. The number of nitrogen functional groups attached to an aromatic ring is 1. The van der Waals surface area contributed by atoms with Crippen LogP contribution < -0.4 is 10.6 Å². The Hall–Kier alpha value is -2.25. The zero-order valence-corrected chi connectivity index (χ0v) is 18.4. The fourth-order valence-electron chi connectivity index (χ4n) is 4.36. The van der Waals surface area contributed by atoms with E-state index < -0.39 is 0 Å². The molecule has 2 aliphatic heterocycles. The van der Waals surface area contributed by atoms with Crippen LogP contribution in [0.4, 0.5) is 16.0 Å². The Morgan fingerprint density at radius 1 is 1.13 bits per heavy atom. The number of allylic oxidation sites excluding steroid dienone is 3. The molecule has 0 spiro atoms. The van der Waals surface area contributed by atoms with Crippen molar-refractivity contribution < 1.29 is 4.39 Å². The largest absolute Gasteiger partial charge is 0.383 e. The molecule has 0 amide bonds. The van der Waals surface area contributed by atoms with E-state index in [9.17, 15) is 4.39 Å². The Morgan fingerprint density at radius 3 is 2.47 bits per heavy atom. The Bertz CT molecular complexity index is 772. The van der Waals surface area contributed by atoms with E-state index in [1.807, 2.05) is 19.1 Å². The number of aromatic nitrogens is 2. The summed E-state index contributed by atoms with van der Waals surface area (Å²) in [5, 5.41) is 0. The number of nitrogens with two attached hydrogens (primary N) is 1. The summed E-state index contributed by atoms with van der Waals surface area (Å²) in [6.45, 7) is 14.3. The third-order valence-corrected chi connectivity index (χ3v) is 6.16. The first-order valence-electron chi connectivity index (χ1n) is 10.9. The maximum Gasteiger partial charge on any atom is 0.137 e. The van der Waals surface area contributed by atoms with Gasteiger partial charge in [0.25, 0.3) is 0 Å². The molecule has 3 rings (SSSR count). The van der Waals surface area contributed by atoms with Crippen molar-refractivity contribution in [2.75, 3.05) is 56.4 Å². The van der Waals surface area contributed by atoms with Gasteiger partial charge in [-0.1, -0.05) is 25.2 Å². The highest BCUT2D eigenvalue weighted by Crippen LogP contribution is 2.24. The first-order valence-corrected chi connectivity index (χ1v) is 10.9. The highest BCUT2D eigenvalue weighted by molar-refractivity contribution is 5.55. The van der Waals surface area contributed by atoms with Crippen molar-refractivity contribution >= 4 is 11.6 Å². The summed E-state index contributed by atoms with van der Waals surface area (Å²) in [6, 6.07) is 0.204. The zero-order chi connectivity index (χ0) is 21.5. The van der Waals surface area contributed by atoms with Crippen LogP contribution in [-0.2, 0) is 0 Å². The van der Waals surface area contributed by atoms with Crippen LogP contribution in [0.25, 0.3) is 0 Å².